The molecule has 0 amide bonds. The molecule has 0 spiro atoms. The van der Waals surface area contributed by atoms with Gasteiger partial charge in [-0.1, -0.05) is 42.1 Å². The Hall–Kier alpha value is -1.88. The van der Waals surface area contributed by atoms with Crippen LogP contribution in [0.2, 0.25) is 0 Å². The smallest absolute Gasteiger partial charge is 0.251 e. The summed E-state index contributed by atoms with van der Waals surface area (Å²) >= 11 is 1.37. The van der Waals surface area contributed by atoms with Crippen LogP contribution in [0.25, 0.3) is 0 Å². The molecular weight excluding hydrogens is 248 g/mol. The van der Waals surface area contributed by atoms with Crippen LogP contribution >= 0.6 is 11.8 Å². The van der Waals surface area contributed by atoms with Crippen LogP contribution in [0.5, 0.6) is 0 Å². The molecule has 0 bridgehead atoms. The molecule has 0 saturated heterocycles. The number of carbonyl (C=O) groups is 1. The van der Waals surface area contributed by atoms with E-state index in [1.54, 1.807) is 12.1 Å². The topological polar surface area (TPSA) is 62.8 Å². The molecule has 2 rings (SSSR count). The van der Waals surface area contributed by atoms with Gasteiger partial charge in [0.15, 0.2) is 10.9 Å². The molecule has 0 aliphatic carbocycles. The van der Waals surface area contributed by atoms with Crippen LogP contribution in [0.3, 0.4) is 0 Å². The third-order valence-electron chi connectivity index (χ3n) is 2.31. The predicted molar refractivity (Wildman–Crippen MR) is 71.0 cm³/mol. The average molecular weight is 260 g/mol. The molecule has 2 aromatic rings. The quantitative estimate of drug-likeness (QED) is 0.508. The van der Waals surface area contributed by atoms with Gasteiger partial charge in [-0.05, 0) is 0 Å². The zero-order chi connectivity index (χ0) is 12.8. The fraction of sp³-hybridized carbons (Fsp3) is 0.154. The van der Waals surface area contributed by atoms with E-state index < -0.39 is 0 Å². The molecule has 5 heteroatoms. The van der Waals surface area contributed by atoms with E-state index in [9.17, 15) is 9.59 Å². The van der Waals surface area contributed by atoms with Gasteiger partial charge in [-0.15, -0.1) is 0 Å². The fourth-order valence-corrected chi connectivity index (χ4v) is 2.22. The van der Waals surface area contributed by atoms with Gasteiger partial charge in [0.25, 0.3) is 5.56 Å². The average Bonchev–Trinajstić information content (AvgIpc) is 2.40. The molecule has 0 atom stereocenters. The Labute approximate surface area is 108 Å². The number of H-pyrrole nitrogens is 1. The van der Waals surface area contributed by atoms with E-state index in [1.807, 2.05) is 18.2 Å². The molecule has 1 heterocycles. The number of Topliss-reactive ketones (excluding diaryl/α,β-unsaturated/α-hetero) is 1. The van der Waals surface area contributed by atoms with E-state index in [1.165, 1.54) is 24.0 Å². The SMILES string of the molecule is O=C(CCSc1nccc(=O)[nH]1)c1ccccc1. The van der Waals surface area contributed by atoms with Gasteiger partial charge in [-0.2, -0.15) is 0 Å². The van der Waals surface area contributed by atoms with Crippen molar-refractivity contribution in [2.75, 3.05) is 5.75 Å². The van der Waals surface area contributed by atoms with Crippen molar-refractivity contribution in [3.8, 4) is 0 Å². The van der Waals surface area contributed by atoms with Gasteiger partial charge >= 0.3 is 0 Å². The van der Waals surface area contributed by atoms with Crippen LogP contribution in [-0.4, -0.2) is 21.5 Å². The van der Waals surface area contributed by atoms with E-state index in [0.717, 1.165) is 0 Å². The first-order valence-corrected chi connectivity index (χ1v) is 6.50. The van der Waals surface area contributed by atoms with E-state index >= 15 is 0 Å². The van der Waals surface area contributed by atoms with E-state index in [2.05, 4.69) is 9.97 Å². The maximum atomic E-state index is 11.8. The van der Waals surface area contributed by atoms with Crippen molar-refractivity contribution in [3.63, 3.8) is 0 Å². The Kier molecular flexibility index (Phi) is 4.30. The molecule has 1 N–H and O–H groups in total. The number of thioether (sulfide) groups is 1. The molecular formula is C13H12N2O2S. The second-order valence-electron chi connectivity index (χ2n) is 3.63. The van der Waals surface area contributed by atoms with Gasteiger partial charge in [0.2, 0.25) is 0 Å². The van der Waals surface area contributed by atoms with Crippen molar-refractivity contribution in [1.82, 2.24) is 9.97 Å². The minimum Gasteiger partial charge on any atom is -0.301 e. The Balaban J connectivity index is 1.86. The predicted octanol–water partition coefficient (Wildman–Crippen LogP) is 2.13. The molecule has 1 aromatic carbocycles. The van der Waals surface area contributed by atoms with Crippen LogP contribution in [0, 0.1) is 0 Å². The number of ketones is 1. The minimum absolute atomic E-state index is 0.0985. The number of hydrogen-bond donors (Lipinski definition) is 1. The van der Waals surface area contributed by atoms with Crippen molar-refractivity contribution < 1.29 is 4.79 Å². The van der Waals surface area contributed by atoms with Crippen molar-refractivity contribution in [2.24, 2.45) is 0 Å². The summed E-state index contributed by atoms with van der Waals surface area (Å²) in [6.45, 7) is 0. The maximum absolute atomic E-state index is 11.8. The third-order valence-corrected chi connectivity index (χ3v) is 3.20. The van der Waals surface area contributed by atoms with Crippen molar-refractivity contribution in [1.29, 1.82) is 0 Å². The summed E-state index contributed by atoms with van der Waals surface area (Å²) in [4.78, 5) is 29.4. The normalized spacial score (nSPS) is 10.2. The lowest BCUT2D eigenvalue weighted by Crippen LogP contribution is -2.06. The van der Waals surface area contributed by atoms with Gasteiger partial charge in [0, 0.05) is 30.0 Å². The highest BCUT2D eigenvalue weighted by Crippen LogP contribution is 2.13. The van der Waals surface area contributed by atoms with Gasteiger partial charge in [-0.25, -0.2) is 4.98 Å². The number of carbonyl (C=O) groups excluding carboxylic acids is 1. The second-order valence-corrected chi connectivity index (χ2v) is 4.71. The Morgan fingerprint density at radius 1 is 1.22 bits per heavy atom. The van der Waals surface area contributed by atoms with E-state index in [4.69, 9.17) is 0 Å². The van der Waals surface area contributed by atoms with E-state index in [0.29, 0.717) is 22.9 Å². The Bertz CT molecular complexity index is 581. The van der Waals surface area contributed by atoms with Gasteiger partial charge in [0.1, 0.15) is 0 Å². The lowest BCUT2D eigenvalue weighted by molar-refractivity contribution is 0.0989. The maximum Gasteiger partial charge on any atom is 0.251 e. The largest absolute Gasteiger partial charge is 0.301 e. The van der Waals surface area contributed by atoms with Crippen molar-refractivity contribution in [3.05, 3.63) is 58.5 Å². The zero-order valence-corrected chi connectivity index (χ0v) is 10.4. The first-order chi connectivity index (χ1) is 8.75. The highest BCUT2D eigenvalue weighted by Gasteiger charge is 2.05. The molecule has 4 nitrogen and oxygen atoms in total. The summed E-state index contributed by atoms with van der Waals surface area (Å²) < 4.78 is 0. The number of nitrogens with one attached hydrogen (secondary N) is 1. The summed E-state index contributed by atoms with van der Waals surface area (Å²) in [5.74, 6) is 0.696. The van der Waals surface area contributed by atoms with Gasteiger partial charge in [0.05, 0.1) is 0 Å². The standard InChI is InChI=1S/C13H12N2O2S/c16-11(10-4-2-1-3-5-10)7-9-18-13-14-8-6-12(17)15-13/h1-6,8H,7,9H2,(H,14,15,17). The lowest BCUT2D eigenvalue weighted by Gasteiger charge is -2.00. The van der Waals surface area contributed by atoms with Crippen LogP contribution < -0.4 is 5.56 Å². The summed E-state index contributed by atoms with van der Waals surface area (Å²) in [7, 11) is 0. The van der Waals surface area contributed by atoms with Gasteiger partial charge in [-0.3, -0.25) is 9.59 Å². The number of rotatable bonds is 5. The van der Waals surface area contributed by atoms with Crippen LogP contribution in [-0.2, 0) is 0 Å². The van der Waals surface area contributed by atoms with Crippen LogP contribution in [0.4, 0.5) is 0 Å². The highest BCUT2D eigenvalue weighted by atomic mass is 32.2. The zero-order valence-electron chi connectivity index (χ0n) is 9.63. The number of aromatic amines is 1. The molecule has 0 fully saturated rings. The Morgan fingerprint density at radius 3 is 2.72 bits per heavy atom. The summed E-state index contributed by atoms with van der Waals surface area (Å²) in [6, 6.07) is 10.5. The molecule has 0 aliphatic heterocycles. The minimum atomic E-state index is -0.179. The molecule has 0 unspecified atom stereocenters. The first-order valence-electron chi connectivity index (χ1n) is 5.52. The number of benzene rings is 1. The third kappa shape index (κ3) is 3.56. The molecule has 0 saturated carbocycles. The lowest BCUT2D eigenvalue weighted by atomic mass is 10.1. The molecule has 0 aliphatic rings. The summed E-state index contributed by atoms with van der Waals surface area (Å²) in [6.07, 6.45) is 1.88. The molecule has 1 aromatic heterocycles. The summed E-state index contributed by atoms with van der Waals surface area (Å²) in [5.41, 5.74) is 0.537. The molecule has 18 heavy (non-hydrogen) atoms. The number of hydrogen-bond acceptors (Lipinski definition) is 4. The molecule has 92 valence electrons. The first kappa shape index (κ1) is 12.6. The van der Waals surface area contributed by atoms with Crippen molar-refractivity contribution in [2.45, 2.75) is 11.6 Å². The summed E-state index contributed by atoms with van der Waals surface area (Å²) in [5, 5.41) is 0.545. The monoisotopic (exact) mass is 260 g/mol. The number of aromatic nitrogens is 2. The fourth-order valence-electron chi connectivity index (χ4n) is 1.43. The highest BCUT2D eigenvalue weighted by molar-refractivity contribution is 7.99. The van der Waals surface area contributed by atoms with Crippen molar-refractivity contribution >= 4 is 17.5 Å². The van der Waals surface area contributed by atoms with Crippen LogP contribution in [0.1, 0.15) is 16.8 Å². The molecule has 0 radical (unpaired) electrons. The van der Waals surface area contributed by atoms with E-state index in [-0.39, 0.29) is 11.3 Å². The number of nitrogens with zero attached hydrogens (tertiary/aromatic N) is 1. The van der Waals surface area contributed by atoms with Gasteiger partial charge < -0.3 is 4.98 Å². The second kappa shape index (κ2) is 6.16. The van der Waals surface area contributed by atoms with Crippen LogP contribution in [0.15, 0.2) is 52.5 Å². The Morgan fingerprint density at radius 2 is 2.00 bits per heavy atom.